The first-order valence-corrected chi connectivity index (χ1v) is 5.86. The van der Waals surface area contributed by atoms with Gasteiger partial charge in [-0.1, -0.05) is 11.6 Å². The highest BCUT2D eigenvalue weighted by Crippen LogP contribution is 2.34. The number of hydrogen-bond donors (Lipinski definition) is 2. The summed E-state index contributed by atoms with van der Waals surface area (Å²) in [5.41, 5.74) is 1.41. The average Bonchev–Trinajstić information content (AvgIpc) is 2.53. The molecule has 0 saturated carbocycles. The summed E-state index contributed by atoms with van der Waals surface area (Å²) >= 11 is 6.08. The number of amides is 1. The van der Waals surface area contributed by atoms with Crippen molar-refractivity contribution in [2.75, 3.05) is 23.8 Å². The molecule has 1 heterocycles. The Hall–Kier alpha value is -1.59. The fourth-order valence-corrected chi connectivity index (χ4v) is 2.25. The normalized spacial score (nSPS) is 15.3. The fraction of sp³-hybridized carbons (Fsp3) is 0.333. The number of carbonyl (C=O) groups is 2. The Morgan fingerprint density at radius 2 is 2.11 bits per heavy atom. The minimum Gasteiger partial charge on any atom is -0.392 e. The Kier molecular flexibility index (Phi) is 3.28. The second kappa shape index (κ2) is 4.59. The highest BCUT2D eigenvalue weighted by molar-refractivity contribution is 6.52. The van der Waals surface area contributed by atoms with Crippen molar-refractivity contribution in [2.45, 2.75) is 13.0 Å². The minimum absolute atomic E-state index is 0.291. The molecule has 1 aliphatic rings. The van der Waals surface area contributed by atoms with Gasteiger partial charge in [0.2, 0.25) is 0 Å². The fourth-order valence-electron chi connectivity index (χ4n) is 1.94. The van der Waals surface area contributed by atoms with Crippen molar-refractivity contribution >= 4 is 34.7 Å². The second-order valence-electron chi connectivity index (χ2n) is 4.36. The quantitative estimate of drug-likeness (QED) is 0.811. The zero-order chi connectivity index (χ0) is 13.4. The largest absolute Gasteiger partial charge is 0.392 e. The van der Waals surface area contributed by atoms with Crippen LogP contribution in [-0.2, 0) is 4.79 Å². The summed E-state index contributed by atoms with van der Waals surface area (Å²) in [4.78, 5) is 24.5. The van der Waals surface area contributed by atoms with Gasteiger partial charge in [0.15, 0.2) is 0 Å². The number of aliphatic hydroxyl groups excluding tert-OH is 1. The van der Waals surface area contributed by atoms with Crippen LogP contribution in [0.5, 0.6) is 0 Å². The molecule has 96 valence electrons. The number of hydrogen-bond acceptors (Lipinski definition) is 4. The van der Waals surface area contributed by atoms with E-state index in [4.69, 9.17) is 11.6 Å². The van der Waals surface area contributed by atoms with Gasteiger partial charge in [-0.15, -0.1) is 0 Å². The second-order valence-corrected chi connectivity index (χ2v) is 4.77. The van der Waals surface area contributed by atoms with E-state index in [1.165, 1.54) is 6.07 Å². The molecule has 1 aliphatic heterocycles. The van der Waals surface area contributed by atoms with E-state index in [2.05, 4.69) is 5.32 Å². The van der Waals surface area contributed by atoms with Gasteiger partial charge in [-0.2, -0.15) is 0 Å². The number of likely N-dealkylation sites (N-methyl/N-ethyl adjacent to an activating group) is 1. The van der Waals surface area contributed by atoms with E-state index in [-0.39, 0.29) is 0 Å². The number of halogens is 1. The Balaban J connectivity index is 2.38. The van der Waals surface area contributed by atoms with E-state index in [1.54, 1.807) is 24.9 Å². The molecular formula is C12H13ClN2O3. The van der Waals surface area contributed by atoms with Crippen LogP contribution in [0.15, 0.2) is 12.1 Å². The van der Waals surface area contributed by atoms with Crippen LogP contribution in [0.4, 0.5) is 11.4 Å². The molecule has 1 amide bonds. The van der Waals surface area contributed by atoms with Gasteiger partial charge in [-0.05, 0) is 19.1 Å². The Morgan fingerprint density at radius 1 is 1.44 bits per heavy atom. The summed E-state index contributed by atoms with van der Waals surface area (Å²) in [6.07, 6.45) is -0.504. The number of rotatable bonds is 3. The third kappa shape index (κ3) is 2.19. The number of anilines is 2. The van der Waals surface area contributed by atoms with Crippen LogP contribution in [-0.4, -0.2) is 36.5 Å². The molecular weight excluding hydrogens is 256 g/mol. The summed E-state index contributed by atoms with van der Waals surface area (Å²) in [7, 11) is 1.78. The van der Waals surface area contributed by atoms with Crippen molar-refractivity contribution < 1.29 is 14.7 Å². The minimum atomic E-state index is -0.642. The monoisotopic (exact) mass is 268 g/mol. The first-order valence-electron chi connectivity index (χ1n) is 5.48. The van der Waals surface area contributed by atoms with Gasteiger partial charge in [-0.3, -0.25) is 9.59 Å². The van der Waals surface area contributed by atoms with E-state index in [0.29, 0.717) is 28.5 Å². The topological polar surface area (TPSA) is 69.6 Å². The Labute approximate surface area is 109 Å². The molecule has 1 unspecified atom stereocenters. The van der Waals surface area contributed by atoms with E-state index in [1.807, 2.05) is 0 Å². The standard InChI is InChI=1S/C12H13ClN2O3/c1-6(16)5-15(2)10-4-9-7(3-8(10)13)11(17)12(18)14-9/h3-4,6,16H,5H2,1-2H3,(H,14,17,18). The Morgan fingerprint density at radius 3 is 2.72 bits per heavy atom. The first kappa shape index (κ1) is 12.9. The molecule has 0 aromatic heterocycles. The molecule has 18 heavy (non-hydrogen) atoms. The van der Waals surface area contributed by atoms with Crippen LogP contribution in [0, 0.1) is 0 Å². The summed E-state index contributed by atoms with van der Waals surface area (Å²) in [5, 5.41) is 12.2. The summed E-state index contributed by atoms with van der Waals surface area (Å²) < 4.78 is 0. The molecule has 1 aromatic carbocycles. The van der Waals surface area contributed by atoms with Gasteiger partial charge in [0.05, 0.1) is 28.1 Å². The van der Waals surface area contributed by atoms with Gasteiger partial charge in [0.1, 0.15) is 0 Å². The van der Waals surface area contributed by atoms with Crippen LogP contribution >= 0.6 is 11.6 Å². The maximum atomic E-state index is 11.5. The molecule has 6 heteroatoms. The van der Waals surface area contributed by atoms with Crippen LogP contribution < -0.4 is 10.2 Å². The lowest BCUT2D eigenvalue weighted by Gasteiger charge is -2.22. The van der Waals surface area contributed by atoms with Crippen molar-refractivity contribution in [1.82, 2.24) is 0 Å². The number of carbonyl (C=O) groups excluding carboxylic acids is 2. The molecule has 0 aliphatic carbocycles. The van der Waals surface area contributed by atoms with E-state index in [9.17, 15) is 14.7 Å². The number of nitrogens with zero attached hydrogens (tertiary/aromatic N) is 1. The molecule has 1 atom stereocenters. The van der Waals surface area contributed by atoms with Gasteiger partial charge in [0, 0.05) is 13.6 Å². The zero-order valence-electron chi connectivity index (χ0n) is 10.0. The SMILES string of the molecule is CC(O)CN(C)c1cc2c(cc1Cl)C(=O)C(=O)N2. The van der Waals surface area contributed by atoms with Crippen LogP contribution in [0.3, 0.4) is 0 Å². The smallest absolute Gasteiger partial charge is 0.296 e. The van der Waals surface area contributed by atoms with Crippen molar-refractivity contribution in [2.24, 2.45) is 0 Å². The molecule has 0 spiro atoms. The van der Waals surface area contributed by atoms with Crippen molar-refractivity contribution in [1.29, 1.82) is 0 Å². The van der Waals surface area contributed by atoms with E-state index < -0.39 is 17.8 Å². The number of ketones is 1. The predicted molar refractivity (Wildman–Crippen MR) is 69.4 cm³/mol. The third-order valence-electron chi connectivity index (χ3n) is 2.74. The van der Waals surface area contributed by atoms with Gasteiger partial charge in [0.25, 0.3) is 11.7 Å². The molecule has 2 rings (SSSR count). The van der Waals surface area contributed by atoms with Gasteiger partial charge >= 0.3 is 0 Å². The van der Waals surface area contributed by atoms with Crippen molar-refractivity contribution in [3.05, 3.63) is 22.7 Å². The number of Topliss-reactive ketones (excluding diaryl/α,β-unsaturated/α-hetero) is 1. The maximum Gasteiger partial charge on any atom is 0.296 e. The highest BCUT2D eigenvalue weighted by Gasteiger charge is 2.29. The van der Waals surface area contributed by atoms with Crippen molar-refractivity contribution in [3.63, 3.8) is 0 Å². The number of nitrogens with one attached hydrogen (secondary N) is 1. The van der Waals surface area contributed by atoms with Crippen LogP contribution in [0.2, 0.25) is 5.02 Å². The Bertz CT molecular complexity index is 528. The lowest BCUT2D eigenvalue weighted by molar-refractivity contribution is -0.112. The lowest BCUT2D eigenvalue weighted by Crippen LogP contribution is -2.27. The predicted octanol–water partition coefficient (Wildman–Crippen LogP) is 1.29. The number of aliphatic hydroxyl groups is 1. The molecule has 0 bridgehead atoms. The maximum absolute atomic E-state index is 11.5. The summed E-state index contributed by atoms with van der Waals surface area (Å²) in [5.74, 6) is -1.21. The average molecular weight is 269 g/mol. The van der Waals surface area contributed by atoms with Crippen molar-refractivity contribution in [3.8, 4) is 0 Å². The van der Waals surface area contributed by atoms with Crippen LogP contribution in [0.25, 0.3) is 0 Å². The first-order chi connectivity index (χ1) is 8.40. The molecule has 0 fully saturated rings. The summed E-state index contributed by atoms with van der Waals surface area (Å²) in [6.45, 7) is 2.07. The summed E-state index contributed by atoms with van der Waals surface area (Å²) in [6, 6.07) is 3.12. The van der Waals surface area contributed by atoms with Gasteiger partial charge in [-0.25, -0.2) is 0 Å². The van der Waals surface area contributed by atoms with E-state index in [0.717, 1.165) is 0 Å². The van der Waals surface area contributed by atoms with Crippen LogP contribution in [0.1, 0.15) is 17.3 Å². The molecule has 0 radical (unpaired) electrons. The zero-order valence-corrected chi connectivity index (χ0v) is 10.8. The molecule has 2 N–H and O–H groups in total. The van der Waals surface area contributed by atoms with Gasteiger partial charge < -0.3 is 15.3 Å². The highest BCUT2D eigenvalue weighted by atomic mass is 35.5. The molecule has 1 aromatic rings. The number of benzene rings is 1. The third-order valence-corrected chi connectivity index (χ3v) is 3.04. The lowest BCUT2D eigenvalue weighted by atomic mass is 10.1. The van der Waals surface area contributed by atoms with E-state index >= 15 is 0 Å². The molecule has 0 saturated heterocycles. The molecule has 5 nitrogen and oxygen atoms in total. The number of fused-ring (bicyclic) bond motifs is 1.